The Morgan fingerprint density at radius 1 is 1.35 bits per heavy atom. The Labute approximate surface area is 131 Å². The number of benzene rings is 1. The number of hydrogen-bond acceptors (Lipinski definition) is 4. The van der Waals surface area contributed by atoms with E-state index in [-0.39, 0.29) is 30.5 Å². The van der Waals surface area contributed by atoms with E-state index in [0.29, 0.717) is 28.0 Å². The zero-order chi connectivity index (χ0) is 16.4. The van der Waals surface area contributed by atoms with Gasteiger partial charge >= 0.3 is 0 Å². The molecule has 1 aromatic carbocycles. The molecule has 4 N–H and O–H groups in total. The second-order valence-corrected chi connectivity index (χ2v) is 5.17. The maximum absolute atomic E-state index is 13.9. The van der Waals surface area contributed by atoms with Gasteiger partial charge in [0.05, 0.1) is 5.39 Å². The second-order valence-electron chi connectivity index (χ2n) is 5.17. The summed E-state index contributed by atoms with van der Waals surface area (Å²) in [6, 6.07) is 6.47. The summed E-state index contributed by atoms with van der Waals surface area (Å²) in [4.78, 5) is 23.7. The van der Waals surface area contributed by atoms with E-state index in [1.54, 1.807) is 31.3 Å². The van der Waals surface area contributed by atoms with Crippen LogP contribution >= 0.6 is 0 Å². The average molecular weight is 313 g/mol. The molecule has 7 heteroatoms. The van der Waals surface area contributed by atoms with Crippen molar-refractivity contribution in [2.24, 2.45) is 5.73 Å². The van der Waals surface area contributed by atoms with Gasteiger partial charge in [-0.3, -0.25) is 4.79 Å². The number of nitrogens with two attached hydrogens (primary N) is 1. The number of carbonyl (C=O) groups excluding carboxylic acids is 1. The molecule has 0 bridgehead atoms. The van der Waals surface area contributed by atoms with Gasteiger partial charge in [-0.1, -0.05) is 12.1 Å². The monoisotopic (exact) mass is 313 g/mol. The van der Waals surface area contributed by atoms with Crippen LogP contribution in [-0.2, 0) is 13.1 Å². The number of hydrogen-bond donors (Lipinski definition) is 3. The predicted octanol–water partition coefficient (Wildman–Crippen LogP) is 1.79. The third-order valence-electron chi connectivity index (χ3n) is 3.54. The Kier molecular flexibility index (Phi) is 4.03. The molecule has 0 radical (unpaired) electrons. The minimum absolute atomic E-state index is 0.0739. The minimum Gasteiger partial charge on any atom is -0.346 e. The average Bonchev–Trinajstić information content (AvgIpc) is 3.00. The van der Waals surface area contributed by atoms with E-state index < -0.39 is 0 Å². The third kappa shape index (κ3) is 3.04. The van der Waals surface area contributed by atoms with Gasteiger partial charge in [0.15, 0.2) is 0 Å². The molecular formula is C16H16FN5O. The summed E-state index contributed by atoms with van der Waals surface area (Å²) >= 11 is 0. The molecule has 2 heterocycles. The van der Waals surface area contributed by atoms with Crippen LogP contribution in [0, 0.1) is 12.7 Å². The number of aromatic amines is 1. The number of H-pyrrole nitrogens is 1. The van der Waals surface area contributed by atoms with E-state index in [4.69, 9.17) is 5.73 Å². The molecule has 0 atom stereocenters. The van der Waals surface area contributed by atoms with E-state index in [1.807, 2.05) is 0 Å². The molecule has 0 aliphatic carbocycles. The molecule has 23 heavy (non-hydrogen) atoms. The van der Waals surface area contributed by atoms with Gasteiger partial charge in [-0.25, -0.2) is 14.4 Å². The van der Waals surface area contributed by atoms with Crippen molar-refractivity contribution in [3.63, 3.8) is 0 Å². The first kappa shape index (κ1) is 15.1. The Morgan fingerprint density at radius 2 is 2.17 bits per heavy atom. The smallest absolute Gasteiger partial charge is 0.270 e. The van der Waals surface area contributed by atoms with Crippen molar-refractivity contribution in [1.29, 1.82) is 0 Å². The summed E-state index contributed by atoms with van der Waals surface area (Å²) in [7, 11) is 0. The number of halogens is 1. The predicted molar refractivity (Wildman–Crippen MR) is 84.1 cm³/mol. The van der Waals surface area contributed by atoms with Gasteiger partial charge in [-0.2, -0.15) is 0 Å². The van der Waals surface area contributed by atoms with Gasteiger partial charge in [-0.05, 0) is 24.6 Å². The van der Waals surface area contributed by atoms with Gasteiger partial charge in [0.2, 0.25) is 0 Å². The van der Waals surface area contributed by atoms with Crippen molar-refractivity contribution >= 4 is 16.9 Å². The van der Waals surface area contributed by atoms with Crippen LogP contribution in [0.15, 0.2) is 30.5 Å². The number of carbonyl (C=O) groups is 1. The summed E-state index contributed by atoms with van der Waals surface area (Å²) in [5, 5.41) is 3.32. The summed E-state index contributed by atoms with van der Waals surface area (Å²) in [6.45, 7) is 2.06. The molecule has 0 aliphatic heterocycles. The molecule has 3 aromatic rings. The van der Waals surface area contributed by atoms with Crippen LogP contribution in [0.2, 0.25) is 0 Å². The van der Waals surface area contributed by atoms with Crippen molar-refractivity contribution in [2.75, 3.05) is 0 Å². The fourth-order valence-corrected chi connectivity index (χ4v) is 2.35. The lowest BCUT2D eigenvalue weighted by molar-refractivity contribution is 0.0947. The number of fused-ring (bicyclic) bond motifs is 1. The Bertz CT molecular complexity index is 874. The van der Waals surface area contributed by atoms with Crippen LogP contribution in [0.5, 0.6) is 0 Å². The number of nitrogens with one attached hydrogen (secondary N) is 2. The minimum atomic E-state index is -0.390. The van der Waals surface area contributed by atoms with Crippen molar-refractivity contribution < 1.29 is 9.18 Å². The molecule has 2 aromatic heterocycles. The first-order valence-corrected chi connectivity index (χ1v) is 7.16. The maximum atomic E-state index is 13.9. The number of aromatic nitrogens is 3. The van der Waals surface area contributed by atoms with E-state index >= 15 is 0 Å². The highest BCUT2D eigenvalue weighted by molar-refractivity contribution is 6.03. The largest absolute Gasteiger partial charge is 0.346 e. The molecule has 0 fully saturated rings. The lowest BCUT2D eigenvalue weighted by atomic mass is 10.1. The Balaban J connectivity index is 1.80. The molecule has 118 valence electrons. The molecule has 3 rings (SSSR count). The topological polar surface area (TPSA) is 96.7 Å². The van der Waals surface area contributed by atoms with Crippen molar-refractivity contribution in [1.82, 2.24) is 20.3 Å². The van der Waals surface area contributed by atoms with Crippen LogP contribution in [-0.4, -0.2) is 20.9 Å². The van der Waals surface area contributed by atoms with E-state index in [9.17, 15) is 9.18 Å². The Hall–Kier alpha value is -2.80. The molecule has 1 amide bonds. The first-order valence-electron chi connectivity index (χ1n) is 7.16. The van der Waals surface area contributed by atoms with Crippen LogP contribution in [0.3, 0.4) is 0 Å². The number of rotatable bonds is 4. The highest BCUT2D eigenvalue weighted by Gasteiger charge is 2.15. The lowest BCUT2D eigenvalue weighted by Gasteiger charge is -2.08. The lowest BCUT2D eigenvalue weighted by Crippen LogP contribution is -2.25. The first-order chi connectivity index (χ1) is 11.1. The molecule has 6 nitrogen and oxygen atoms in total. The fraction of sp³-hybridized carbons (Fsp3) is 0.188. The molecule has 0 aliphatic rings. The van der Waals surface area contributed by atoms with Crippen LogP contribution in [0.25, 0.3) is 11.0 Å². The number of amides is 1. The van der Waals surface area contributed by atoms with E-state index in [1.165, 1.54) is 6.07 Å². The number of aryl methyl sites for hydroxylation is 1. The molecular weight excluding hydrogens is 297 g/mol. The summed E-state index contributed by atoms with van der Waals surface area (Å²) in [6.07, 6.45) is 1.70. The van der Waals surface area contributed by atoms with Crippen molar-refractivity contribution in [2.45, 2.75) is 20.0 Å². The molecule has 0 saturated carbocycles. The SMILES string of the molecule is Cc1nc(C(=O)NCc2ccc(CN)cc2F)c2cc[nH]c2n1. The van der Waals surface area contributed by atoms with Crippen molar-refractivity contribution in [3.05, 3.63) is 58.9 Å². The van der Waals surface area contributed by atoms with Gasteiger partial charge < -0.3 is 16.0 Å². The summed E-state index contributed by atoms with van der Waals surface area (Å²) < 4.78 is 13.9. The molecule has 0 spiro atoms. The summed E-state index contributed by atoms with van der Waals surface area (Å²) in [5.41, 5.74) is 7.44. The normalized spacial score (nSPS) is 10.9. The Morgan fingerprint density at radius 3 is 2.91 bits per heavy atom. The van der Waals surface area contributed by atoms with Gasteiger partial charge in [0.25, 0.3) is 5.91 Å². The van der Waals surface area contributed by atoms with Crippen LogP contribution in [0.1, 0.15) is 27.4 Å². The van der Waals surface area contributed by atoms with Crippen molar-refractivity contribution in [3.8, 4) is 0 Å². The molecule has 0 saturated heterocycles. The standard InChI is InChI=1S/C16H16FN5O/c1-9-21-14(12-4-5-19-15(12)22-9)16(23)20-8-11-3-2-10(7-18)6-13(11)17/h2-6H,7-8,18H2,1H3,(H,20,23)(H,19,21,22). The van der Waals surface area contributed by atoms with Gasteiger partial charge in [0.1, 0.15) is 23.0 Å². The van der Waals surface area contributed by atoms with Crippen LogP contribution < -0.4 is 11.1 Å². The number of nitrogens with zero attached hydrogens (tertiary/aromatic N) is 2. The zero-order valence-electron chi connectivity index (χ0n) is 12.6. The van der Waals surface area contributed by atoms with E-state index in [0.717, 1.165) is 0 Å². The van der Waals surface area contributed by atoms with Gasteiger partial charge in [0, 0.05) is 24.8 Å². The zero-order valence-corrected chi connectivity index (χ0v) is 12.6. The second kappa shape index (κ2) is 6.13. The fourth-order valence-electron chi connectivity index (χ4n) is 2.35. The maximum Gasteiger partial charge on any atom is 0.270 e. The third-order valence-corrected chi connectivity index (χ3v) is 3.54. The highest BCUT2D eigenvalue weighted by Crippen LogP contribution is 2.15. The van der Waals surface area contributed by atoms with Gasteiger partial charge in [-0.15, -0.1) is 0 Å². The highest BCUT2D eigenvalue weighted by atomic mass is 19.1. The summed E-state index contributed by atoms with van der Waals surface area (Å²) in [5.74, 6) is -0.273. The van der Waals surface area contributed by atoms with E-state index in [2.05, 4.69) is 20.3 Å². The quantitative estimate of drug-likeness (QED) is 0.684. The molecule has 0 unspecified atom stereocenters. The van der Waals surface area contributed by atoms with Crippen LogP contribution in [0.4, 0.5) is 4.39 Å².